The van der Waals surface area contributed by atoms with Gasteiger partial charge in [-0.15, -0.1) is 0 Å². The molecule has 28 heavy (non-hydrogen) atoms. The van der Waals surface area contributed by atoms with Gasteiger partial charge in [-0.3, -0.25) is 9.69 Å². The molecule has 0 radical (unpaired) electrons. The van der Waals surface area contributed by atoms with Crippen molar-refractivity contribution in [1.29, 1.82) is 0 Å². The van der Waals surface area contributed by atoms with Crippen LogP contribution in [0.15, 0.2) is 48.5 Å². The number of carbonyl (C=O) groups excluding carboxylic acids is 1. The molecule has 3 nitrogen and oxygen atoms in total. The van der Waals surface area contributed by atoms with E-state index in [4.69, 9.17) is 0 Å². The number of nitrogens with zero attached hydrogens (tertiary/aromatic N) is 1. The second-order valence-electron chi connectivity index (χ2n) is 8.46. The standard InChI is InChI=1S/C24H29FN2O/c1-24(14-6-9-18-7-2-4-10-21(18)24)23(28)26-20-12-15-27(16-13-20)17-19-8-3-5-11-22(19)25/h2-5,7-8,10-11,20H,6,9,12-17H2,1H3,(H,26,28)/t24-/m1/s1. The molecule has 1 heterocycles. The summed E-state index contributed by atoms with van der Waals surface area (Å²) in [4.78, 5) is 15.5. The van der Waals surface area contributed by atoms with Gasteiger partial charge in [0.25, 0.3) is 0 Å². The average molecular weight is 381 g/mol. The molecule has 1 N–H and O–H groups in total. The highest BCUT2D eigenvalue weighted by Crippen LogP contribution is 2.37. The van der Waals surface area contributed by atoms with Crippen LogP contribution in [0.4, 0.5) is 4.39 Å². The van der Waals surface area contributed by atoms with Crippen LogP contribution in [0.5, 0.6) is 0 Å². The minimum absolute atomic E-state index is 0.137. The number of hydrogen-bond acceptors (Lipinski definition) is 2. The van der Waals surface area contributed by atoms with E-state index in [1.165, 1.54) is 17.2 Å². The van der Waals surface area contributed by atoms with Crippen molar-refractivity contribution in [1.82, 2.24) is 10.2 Å². The lowest BCUT2D eigenvalue weighted by molar-refractivity contribution is -0.127. The highest BCUT2D eigenvalue weighted by atomic mass is 19.1. The first-order valence-corrected chi connectivity index (χ1v) is 10.4. The van der Waals surface area contributed by atoms with Crippen LogP contribution in [0, 0.1) is 5.82 Å². The lowest BCUT2D eigenvalue weighted by Crippen LogP contribution is -2.51. The molecule has 2 aromatic rings. The molecule has 1 atom stereocenters. The highest BCUT2D eigenvalue weighted by Gasteiger charge is 2.39. The molecule has 0 unspecified atom stereocenters. The maximum absolute atomic E-state index is 13.9. The third-order valence-electron chi connectivity index (χ3n) is 6.51. The van der Waals surface area contributed by atoms with Gasteiger partial charge in [-0.2, -0.15) is 0 Å². The Bertz CT molecular complexity index is 844. The van der Waals surface area contributed by atoms with Gasteiger partial charge in [-0.1, -0.05) is 42.5 Å². The Labute approximate surface area is 166 Å². The van der Waals surface area contributed by atoms with E-state index in [0.717, 1.165) is 50.8 Å². The Balaban J connectivity index is 1.35. The number of hydrogen-bond donors (Lipinski definition) is 1. The SMILES string of the molecule is C[C@@]1(C(=O)NC2CCN(Cc3ccccc3F)CC2)CCCc2ccccc21. The molecule has 1 fully saturated rings. The van der Waals surface area contributed by atoms with Crippen molar-refractivity contribution in [2.24, 2.45) is 0 Å². The van der Waals surface area contributed by atoms with E-state index in [1.54, 1.807) is 6.07 Å². The number of benzene rings is 2. The van der Waals surface area contributed by atoms with E-state index in [9.17, 15) is 9.18 Å². The maximum atomic E-state index is 13.9. The first-order valence-electron chi connectivity index (χ1n) is 10.4. The van der Waals surface area contributed by atoms with Crippen LogP contribution in [-0.4, -0.2) is 29.9 Å². The molecule has 148 valence electrons. The first-order chi connectivity index (χ1) is 13.6. The quantitative estimate of drug-likeness (QED) is 0.862. The molecule has 0 aromatic heterocycles. The van der Waals surface area contributed by atoms with E-state index < -0.39 is 5.41 Å². The zero-order valence-corrected chi connectivity index (χ0v) is 16.6. The van der Waals surface area contributed by atoms with E-state index >= 15 is 0 Å². The maximum Gasteiger partial charge on any atom is 0.230 e. The third kappa shape index (κ3) is 3.83. The predicted molar refractivity (Wildman–Crippen MR) is 110 cm³/mol. The van der Waals surface area contributed by atoms with Crippen LogP contribution in [-0.2, 0) is 23.2 Å². The van der Waals surface area contributed by atoms with Crippen LogP contribution < -0.4 is 5.32 Å². The van der Waals surface area contributed by atoms with Crippen molar-refractivity contribution in [3.05, 3.63) is 71.0 Å². The van der Waals surface area contributed by atoms with E-state index in [-0.39, 0.29) is 17.8 Å². The average Bonchev–Trinajstić information content (AvgIpc) is 2.71. The Morgan fingerprint density at radius 3 is 2.64 bits per heavy atom. The van der Waals surface area contributed by atoms with E-state index in [1.807, 2.05) is 18.2 Å². The molecule has 1 saturated heterocycles. The van der Waals surface area contributed by atoms with Crippen molar-refractivity contribution >= 4 is 5.91 Å². The van der Waals surface area contributed by atoms with Crippen molar-refractivity contribution in [2.45, 2.75) is 57.0 Å². The number of likely N-dealkylation sites (tertiary alicyclic amines) is 1. The van der Waals surface area contributed by atoms with Crippen LogP contribution in [0.1, 0.15) is 49.3 Å². The largest absolute Gasteiger partial charge is 0.353 e. The summed E-state index contributed by atoms with van der Waals surface area (Å²) in [6.07, 6.45) is 4.85. The van der Waals surface area contributed by atoms with Gasteiger partial charge < -0.3 is 5.32 Å². The fraction of sp³-hybridized carbons (Fsp3) is 0.458. The molecule has 1 amide bonds. The Morgan fingerprint density at radius 2 is 1.86 bits per heavy atom. The summed E-state index contributed by atoms with van der Waals surface area (Å²) in [5, 5.41) is 3.33. The Hall–Kier alpha value is -2.20. The van der Waals surface area contributed by atoms with Gasteiger partial charge in [-0.05, 0) is 56.2 Å². The molecule has 0 saturated carbocycles. The molecule has 2 aromatic carbocycles. The number of halogens is 1. The zero-order chi connectivity index (χ0) is 19.6. The lowest BCUT2D eigenvalue weighted by atomic mass is 9.70. The molecule has 1 aliphatic heterocycles. The van der Waals surface area contributed by atoms with Gasteiger partial charge in [0, 0.05) is 31.2 Å². The number of piperidine rings is 1. The van der Waals surface area contributed by atoms with Crippen molar-refractivity contribution < 1.29 is 9.18 Å². The van der Waals surface area contributed by atoms with Crippen LogP contribution >= 0.6 is 0 Å². The van der Waals surface area contributed by atoms with Gasteiger partial charge >= 0.3 is 0 Å². The molecule has 0 spiro atoms. The summed E-state index contributed by atoms with van der Waals surface area (Å²) in [5.41, 5.74) is 2.82. The lowest BCUT2D eigenvalue weighted by Gasteiger charge is -2.38. The summed E-state index contributed by atoms with van der Waals surface area (Å²) >= 11 is 0. The van der Waals surface area contributed by atoms with Gasteiger partial charge in [0.15, 0.2) is 0 Å². The number of fused-ring (bicyclic) bond motifs is 1. The molecular formula is C24H29FN2O. The number of amides is 1. The fourth-order valence-electron chi connectivity index (χ4n) is 4.73. The fourth-order valence-corrected chi connectivity index (χ4v) is 4.73. The van der Waals surface area contributed by atoms with Gasteiger partial charge in [0.1, 0.15) is 5.82 Å². The number of rotatable bonds is 4. The number of nitrogens with one attached hydrogen (secondary N) is 1. The van der Waals surface area contributed by atoms with Crippen molar-refractivity contribution in [3.63, 3.8) is 0 Å². The monoisotopic (exact) mass is 380 g/mol. The molecule has 4 rings (SSSR count). The number of aryl methyl sites for hydroxylation is 1. The van der Waals surface area contributed by atoms with Crippen LogP contribution in [0.3, 0.4) is 0 Å². The predicted octanol–water partition coefficient (Wildman–Crippen LogP) is 4.20. The van der Waals surface area contributed by atoms with Crippen molar-refractivity contribution in [3.8, 4) is 0 Å². The second-order valence-corrected chi connectivity index (χ2v) is 8.46. The molecule has 0 bridgehead atoms. The zero-order valence-electron chi connectivity index (χ0n) is 16.6. The number of carbonyl (C=O) groups is 1. The molecule has 4 heteroatoms. The Morgan fingerprint density at radius 1 is 1.14 bits per heavy atom. The van der Waals surface area contributed by atoms with Crippen LogP contribution in [0.2, 0.25) is 0 Å². The molecule has 1 aliphatic carbocycles. The smallest absolute Gasteiger partial charge is 0.230 e. The van der Waals surface area contributed by atoms with Gasteiger partial charge in [-0.25, -0.2) is 4.39 Å². The minimum Gasteiger partial charge on any atom is -0.353 e. The summed E-state index contributed by atoms with van der Waals surface area (Å²) in [7, 11) is 0. The van der Waals surface area contributed by atoms with Gasteiger partial charge in [0.05, 0.1) is 5.41 Å². The van der Waals surface area contributed by atoms with E-state index in [2.05, 4.69) is 35.3 Å². The summed E-state index contributed by atoms with van der Waals surface area (Å²) in [6, 6.07) is 15.6. The second kappa shape index (κ2) is 8.04. The van der Waals surface area contributed by atoms with Crippen molar-refractivity contribution in [2.75, 3.05) is 13.1 Å². The summed E-state index contributed by atoms with van der Waals surface area (Å²) in [5.74, 6) is 0.0222. The van der Waals surface area contributed by atoms with Crippen LogP contribution in [0.25, 0.3) is 0 Å². The summed E-state index contributed by atoms with van der Waals surface area (Å²) in [6.45, 7) is 4.49. The minimum atomic E-state index is -0.431. The van der Waals surface area contributed by atoms with E-state index in [0.29, 0.717) is 6.54 Å². The first kappa shape index (κ1) is 19.1. The Kier molecular flexibility index (Phi) is 5.49. The third-order valence-corrected chi connectivity index (χ3v) is 6.51. The summed E-state index contributed by atoms with van der Waals surface area (Å²) < 4.78 is 13.9. The molecule has 2 aliphatic rings. The highest BCUT2D eigenvalue weighted by molar-refractivity contribution is 5.88. The molecular weight excluding hydrogens is 351 g/mol. The normalized spacial score (nSPS) is 23.2. The van der Waals surface area contributed by atoms with Gasteiger partial charge in [0.2, 0.25) is 5.91 Å². The topological polar surface area (TPSA) is 32.3 Å².